The second-order valence-electron chi connectivity index (χ2n) is 5.63. The highest BCUT2D eigenvalue weighted by molar-refractivity contribution is 5.33. The van der Waals surface area contributed by atoms with Crippen molar-refractivity contribution in [1.29, 1.82) is 0 Å². The Bertz CT molecular complexity index is 391. The van der Waals surface area contributed by atoms with Crippen molar-refractivity contribution in [2.24, 2.45) is 11.8 Å². The Morgan fingerprint density at radius 3 is 2.68 bits per heavy atom. The van der Waals surface area contributed by atoms with Gasteiger partial charge in [0, 0.05) is 18.2 Å². The molecular formula is C17H27NO. The van der Waals surface area contributed by atoms with Crippen molar-refractivity contribution in [1.82, 2.24) is 5.32 Å². The van der Waals surface area contributed by atoms with Gasteiger partial charge in [0.1, 0.15) is 5.75 Å². The van der Waals surface area contributed by atoms with Gasteiger partial charge < -0.3 is 10.1 Å². The summed E-state index contributed by atoms with van der Waals surface area (Å²) in [6.45, 7) is 8.40. The molecule has 1 aromatic carbocycles. The first kappa shape index (κ1) is 14.4. The lowest BCUT2D eigenvalue weighted by Crippen LogP contribution is -2.32. The van der Waals surface area contributed by atoms with E-state index in [1.54, 1.807) is 0 Å². The second-order valence-corrected chi connectivity index (χ2v) is 5.63. The zero-order chi connectivity index (χ0) is 13.7. The third-order valence-electron chi connectivity index (χ3n) is 4.58. The summed E-state index contributed by atoms with van der Waals surface area (Å²) >= 11 is 0. The van der Waals surface area contributed by atoms with Gasteiger partial charge in [-0.15, -0.1) is 0 Å². The van der Waals surface area contributed by atoms with E-state index in [1.807, 2.05) is 13.0 Å². The van der Waals surface area contributed by atoms with Crippen LogP contribution in [0.5, 0.6) is 5.75 Å². The quantitative estimate of drug-likeness (QED) is 0.835. The van der Waals surface area contributed by atoms with E-state index >= 15 is 0 Å². The van der Waals surface area contributed by atoms with Crippen molar-refractivity contribution in [2.45, 2.75) is 52.6 Å². The fourth-order valence-corrected chi connectivity index (χ4v) is 3.30. The highest BCUT2D eigenvalue weighted by Crippen LogP contribution is 2.34. The molecule has 0 spiro atoms. The molecule has 1 saturated carbocycles. The van der Waals surface area contributed by atoms with Crippen LogP contribution in [0.3, 0.4) is 0 Å². The molecule has 1 aliphatic carbocycles. The molecule has 2 rings (SSSR count). The van der Waals surface area contributed by atoms with Crippen molar-refractivity contribution in [3.63, 3.8) is 0 Å². The summed E-state index contributed by atoms with van der Waals surface area (Å²) in [5, 5.41) is 3.73. The number of para-hydroxylation sites is 1. The lowest BCUT2D eigenvalue weighted by molar-refractivity contribution is 0.326. The molecule has 0 radical (unpaired) electrons. The Morgan fingerprint density at radius 1 is 1.21 bits per heavy atom. The molecule has 1 N–H and O–H groups in total. The van der Waals surface area contributed by atoms with Gasteiger partial charge in [-0.1, -0.05) is 38.5 Å². The molecule has 106 valence electrons. The first-order valence-electron chi connectivity index (χ1n) is 7.70. The number of hydrogen-bond acceptors (Lipinski definition) is 2. The molecule has 0 bridgehead atoms. The summed E-state index contributed by atoms with van der Waals surface area (Å²) in [6, 6.07) is 9.02. The number of ether oxygens (including phenoxy) is 1. The molecule has 0 aromatic heterocycles. The third-order valence-corrected chi connectivity index (χ3v) is 4.58. The van der Waals surface area contributed by atoms with Gasteiger partial charge in [0.15, 0.2) is 0 Å². The van der Waals surface area contributed by atoms with Crippen molar-refractivity contribution in [3.8, 4) is 5.75 Å². The lowest BCUT2D eigenvalue weighted by Gasteiger charge is -2.21. The number of benzene rings is 1. The van der Waals surface area contributed by atoms with Crippen LogP contribution in [0.25, 0.3) is 0 Å². The average molecular weight is 261 g/mol. The van der Waals surface area contributed by atoms with E-state index in [9.17, 15) is 0 Å². The Morgan fingerprint density at radius 2 is 2.00 bits per heavy atom. The van der Waals surface area contributed by atoms with Gasteiger partial charge in [0.05, 0.1) is 6.61 Å². The van der Waals surface area contributed by atoms with E-state index in [0.717, 1.165) is 30.7 Å². The predicted octanol–water partition coefficient (Wildman–Crippen LogP) is 4.00. The molecule has 1 fully saturated rings. The maximum absolute atomic E-state index is 5.68. The second kappa shape index (κ2) is 6.95. The zero-order valence-electron chi connectivity index (χ0n) is 12.5. The Hall–Kier alpha value is -1.02. The van der Waals surface area contributed by atoms with Crippen molar-refractivity contribution < 1.29 is 4.74 Å². The Kier molecular flexibility index (Phi) is 5.26. The van der Waals surface area contributed by atoms with Crippen LogP contribution in [0, 0.1) is 11.8 Å². The first-order chi connectivity index (χ1) is 9.26. The molecule has 3 atom stereocenters. The molecule has 0 amide bonds. The van der Waals surface area contributed by atoms with Crippen LogP contribution in [-0.2, 0) is 6.54 Å². The van der Waals surface area contributed by atoms with Crippen LogP contribution in [0.4, 0.5) is 0 Å². The van der Waals surface area contributed by atoms with Crippen LogP contribution < -0.4 is 10.1 Å². The van der Waals surface area contributed by atoms with E-state index in [4.69, 9.17) is 4.74 Å². The Balaban J connectivity index is 1.92. The van der Waals surface area contributed by atoms with Crippen molar-refractivity contribution in [2.75, 3.05) is 6.61 Å². The summed E-state index contributed by atoms with van der Waals surface area (Å²) < 4.78 is 5.68. The first-order valence-corrected chi connectivity index (χ1v) is 7.70. The standard InChI is InChI=1S/C17H27NO/c1-4-14-10-11-16(13(14)3)18-12-15-8-6-7-9-17(15)19-5-2/h6-9,13-14,16,18H,4-5,10-12H2,1-3H3. The molecule has 2 nitrogen and oxygen atoms in total. The van der Waals surface area contributed by atoms with Crippen LogP contribution in [0.2, 0.25) is 0 Å². The van der Waals surface area contributed by atoms with E-state index in [0.29, 0.717) is 6.04 Å². The zero-order valence-corrected chi connectivity index (χ0v) is 12.5. The highest BCUT2D eigenvalue weighted by atomic mass is 16.5. The van der Waals surface area contributed by atoms with Crippen LogP contribution in [-0.4, -0.2) is 12.6 Å². The molecule has 0 saturated heterocycles. The smallest absolute Gasteiger partial charge is 0.123 e. The van der Waals surface area contributed by atoms with Crippen LogP contribution in [0.1, 0.15) is 45.6 Å². The van der Waals surface area contributed by atoms with Gasteiger partial charge in [-0.2, -0.15) is 0 Å². The minimum absolute atomic E-state index is 0.666. The monoisotopic (exact) mass is 261 g/mol. The topological polar surface area (TPSA) is 21.3 Å². The minimum Gasteiger partial charge on any atom is -0.494 e. The van der Waals surface area contributed by atoms with Crippen molar-refractivity contribution in [3.05, 3.63) is 29.8 Å². The SMILES string of the molecule is CCOc1ccccc1CNC1CCC(CC)C1C. The summed E-state index contributed by atoms with van der Waals surface area (Å²) in [7, 11) is 0. The fourth-order valence-electron chi connectivity index (χ4n) is 3.30. The van der Waals surface area contributed by atoms with Crippen LogP contribution in [0.15, 0.2) is 24.3 Å². The molecule has 0 aliphatic heterocycles. The third kappa shape index (κ3) is 3.50. The number of rotatable bonds is 6. The molecule has 19 heavy (non-hydrogen) atoms. The van der Waals surface area contributed by atoms with Gasteiger partial charge in [0.25, 0.3) is 0 Å². The van der Waals surface area contributed by atoms with Gasteiger partial charge in [-0.25, -0.2) is 0 Å². The molecule has 3 unspecified atom stereocenters. The van der Waals surface area contributed by atoms with Gasteiger partial charge in [-0.3, -0.25) is 0 Å². The predicted molar refractivity (Wildman–Crippen MR) is 80.4 cm³/mol. The molecule has 1 aliphatic rings. The van der Waals surface area contributed by atoms with E-state index in [1.165, 1.54) is 24.8 Å². The lowest BCUT2D eigenvalue weighted by atomic mass is 9.93. The number of nitrogens with one attached hydrogen (secondary N) is 1. The maximum Gasteiger partial charge on any atom is 0.123 e. The average Bonchev–Trinajstić information content (AvgIpc) is 2.79. The molecule has 2 heteroatoms. The maximum atomic E-state index is 5.68. The summed E-state index contributed by atoms with van der Waals surface area (Å²) in [5.41, 5.74) is 1.27. The van der Waals surface area contributed by atoms with E-state index in [2.05, 4.69) is 37.4 Å². The van der Waals surface area contributed by atoms with Gasteiger partial charge in [-0.05, 0) is 37.7 Å². The summed E-state index contributed by atoms with van der Waals surface area (Å²) in [4.78, 5) is 0. The minimum atomic E-state index is 0.666. The normalized spacial score (nSPS) is 26.6. The van der Waals surface area contributed by atoms with Crippen LogP contribution >= 0.6 is 0 Å². The summed E-state index contributed by atoms with van der Waals surface area (Å²) in [6.07, 6.45) is 4.01. The fraction of sp³-hybridized carbons (Fsp3) is 0.647. The summed E-state index contributed by atoms with van der Waals surface area (Å²) in [5.74, 6) is 2.72. The number of hydrogen-bond donors (Lipinski definition) is 1. The van der Waals surface area contributed by atoms with E-state index < -0.39 is 0 Å². The Labute approximate surface area is 117 Å². The molecular weight excluding hydrogens is 234 g/mol. The molecule has 1 aromatic rings. The van der Waals surface area contributed by atoms with Crippen molar-refractivity contribution >= 4 is 0 Å². The largest absolute Gasteiger partial charge is 0.494 e. The van der Waals surface area contributed by atoms with E-state index in [-0.39, 0.29) is 0 Å². The van der Waals surface area contributed by atoms with Gasteiger partial charge >= 0.3 is 0 Å². The van der Waals surface area contributed by atoms with Gasteiger partial charge in [0.2, 0.25) is 0 Å². The highest BCUT2D eigenvalue weighted by Gasteiger charge is 2.30. The molecule has 0 heterocycles.